The number of esters is 1. The molecule has 4 nitrogen and oxygen atoms in total. The maximum atomic E-state index is 12.9. The fourth-order valence-corrected chi connectivity index (χ4v) is 1.97. The Bertz CT molecular complexity index is 301. The Kier molecular flexibility index (Phi) is 5.04. The first kappa shape index (κ1) is 14.9. The highest BCUT2D eigenvalue weighted by Crippen LogP contribution is 2.29. The third-order valence-electron chi connectivity index (χ3n) is 3.24. The molecule has 0 aromatic rings. The van der Waals surface area contributed by atoms with Crippen molar-refractivity contribution in [3.8, 4) is 0 Å². The minimum Gasteiger partial charge on any atom is -0.464 e. The van der Waals surface area contributed by atoms with Crippen LogP contribution < -0.4 is 0 Å². The third-order valence-corrected chi connectivity index (χ3v) is 3.24. The fraction of sp³-hybridized carbons (Fsp3) is 0.833. The van der Waals surface area contributed by atoms with Gasteiger partial charge in [0, 0.05) is 6.92 Å². The first-order valence-corrected chi connectivity index (χ1v) is 6.03. The van der Waals surface area contributed by atoms with Crippen molar-refractivity contribution in [2.75, 3.05) is 0 Å². The monoisotopic (exact) mass is 264 g/mol. The van der Waals surface area contributed by atoms with E-state index in [-0.39, 0.29) is 6.47 Å². The normalized spacial score (nSPS) is 26.2. The van der Waals surface area contributed by atoms with Gasteiger partial charge in [0.15, 0.2) is 6.10 Å². The quantitative estimate of drug-likeness (QED) is 0.565. The molecule has 18 heavy (non-hydrogen) atoms. The summed E-state index contributed by atoms with van der Waals surface area (Å²) in [6.45, 7) is 2.13. The van der Waals surface area contributed by atoms with Gasteiger partial charge in [-0.05, 0) is 26.2 Å². The molecular weight excluding hydrogens is 246 g/mol. The molecule has 0 aromatic heterocycles. The van der Waals surface area contributed by atoms with Crippen LogP contribution in [0.1, 0.15) is 39.5 Å². The van der Waals surface area contributed by atoms with E-state index in [2.05, 4.69) is 0 Å². The average molecular weight is 264 g/mol. The fourth-order valence-electron chi connectivity index (χ4n) is 1.97. The van der Waals surface area contributed by atoms with Crippen molar-refractivity contribution in [2.45, 2.75) is 57.7 Å². The van der Waals surface area contributed by atoms with Crippen molar-refractivity contribution in [1.29, 1.82) is 0 Å². The molecular formula is C12H18F2O4. The Hall–Kier alpha value is -1.20. The number of hydrogen-bond acceptors (Lipinski definition) is 4. The van der Waals surface area contributed by atoms with E-state index in [1.807, 2.05) is 0 Å². The van der Waals surface area contributed by atoms with Gasteiger partial charge in [0.1, 0.15) is 6.10 Å². The van der Waals surface area contributed by atoms with Crippen LogP contribution >= 0.6 is 0 Å². The molecule has 1 aliphatic rings. The molecule has 0 amide bonds. The molecule has 0 heterocycles. The minimum atomic E-state index is -3.08. The van der Waals surface area contributed by atoms with Gasteiger partial charge in [-0.2, -0.15) is 0 Å². The third kappa shape index (κ3) is 3.92. The summed E-state index contributed by atoms with van der Waals surface area (Å²) in [6, 6.07) is 0. The average Bonchev–Trinajstić information content (AvgIpc) is 2.28. The van der Waals surface area contributed by atoms with Gasteiger partial charge in [0.2, 0.25) is 0 Å². The maximum absolute atomic E-state index is 12.9. The van der Waals surface area contributed by atoms with Crippen molar-refractivity contribution in [3.63, 3.8) is 0 Å². The molecule has 3 unspecified atom stereocenters. The number of rotatable bonds is 5. The summed E-state index contributed by atoms with van der Waals surface area (Å²) < 4.78 is 35.4. The molecule has 1 saturated carbocycles. The summed E-state index contributed by atoms with van der Waals surface area (Å²) in [4.78, 5) is 22.1. The van der Waals surface area contributed by atoms with Crippen LogP contribution in [0.4, 0.5) is 8.78 Å². The van der Waals surface area contributed by atoms with Crippen LogP contribution in [0.2, 0.25) is 0 Å². The highest BCUT2D eigenvalue weighted by molar-refractivity contribution is 5.73. The zero-order chi connectivity index (χ0) is 13.8. The topological polar surface area (TPSA) is 52.6 Å². The van der Waals surface area contributed by atoms with E-state index in [1.54, 1.807) is 0 Å². The van der Waals surface area contributed by atoms with Crippen LogP contribution in [0.15, 0.2) is 0 Å². The molecule has 1 aliphatic carbocycles. The minimum absolute atomic E-state index is 0.286. The Morgan fingerprint density at radius 1 is 1.39 bits per heavy atom. The molecule has 3 atom stereocenters. The molecule has 0 saturated heterocycles. The Morgan fingerprint density at radius 3 is 2.56 bits per heavy atom. The zero-order valence-corrected chi connectivity index (χ0v) is 10.5. The highest BCUT2D eigenvalue weighted by Gasteiger charge is 2.38. The lowest BCUT2D eigenvalue weighted by molar-refractivity contribution is -0.178. The molecule has 0 N–H and O–H groups in total. The zero-order valence-electron chi connectivity index (χ0n) is 10.5. The first-order chi connectivity index (χ1) is 8.36. The second-order valence-electron chi connectivity index (χ2n) is 4.70. The molecule has 6 heteroatoms. The smallest absolute Gasteiger partial charge is 0.313 e. The number of halogens is 2. The van der Waals surface area contributed by atoms with Gasteiger partial charge >= 0.3 is 5.97 Å². The van der Waals surface area contributed by atoms with Crippen molar-refractivity contribution in [3.05, 3.63) is 0 Å². The van der Waals surface area contributed by atoms with E-state index in [4.69, 9.17) is 9.47 Å². The predicted molar refractivity (Wildman–Crippen MR) is 59.1 cm³/mol. The number of ether oxygens (including phenoxy) is 2. The largest absolute Gasteiger partial charge is 0.464 e. The number of hydrogen-bond donors (Lipinski definition) is 0. The van der Waals surface area contributed by atoms with Crippen LogP contribution in [0.3, 0.4) is 0 Å². The SMILES string of the molecule is CC(OC(=O)C1CCCCC1OC=O)C(C)(F)F. The summed E-state index contributed by atoms with van der Waals surface area (Å²) in [5.41, 5.74) is 0. The Balaban J connectivity index is 2.60. The van der Waals surface area contributed by atoms with E-state index in [0.717, 1.165) is 19.8 Å². The van der Waals surface area contributed by atoms with E-state index >= 15 is 0 Å². The first-order valence-electron chi connectivity index (χ1n) is 6.03. The maximum Gasteiger partial charge on any atom is 0.313 e. The van der Waals surface area contributed by atoms with Crippen molar-refractivity contribution < 1.29 is 27.8 Å². The molecule has 104 valence electrons. The molecule has 0 bridgehead atoms. The molecule has 0 radical (unpaired) electrons. The van der Waals surface area contributed by atoms with Crippen LogP contribution in [0, 0.1) is 5.92 Å². The van der Waals surface area contributed by atoms with Crippen molar-refractivity contribution >= 4 is 12.4 Å². The molecule has 0 aliphatic heterocycles. The van der Waals surface area contributed by atoms with Crippen molar-refractivity contribution in [1.82, 2.24) is 0 Å². The van der Waals surface area contributed by atoms with Crippen LogP contribution in [0.5, 0.6) is 0 Å². The van der Waals surface area contributed by atoms with Gasteiger partial charge in [0.25, 0.3) is 12.4 Å². The summed E-state index contributed by atoms with van der Waals surface area (Å²) in [5.74, 6) is -4.42. The van der Waals surface area contributed by atoms with Gasteiger partial charge < -0.3 is 9.47 Å². The van der Waals surface area contributed by atoms with Crippen LogP contribution in [-0.2, 0) is 19.1 Å². The lowest BCUT2D eigenvalue weighted by Crippen LogP contribution is -2.39. The van der Waals surface area contributed by atoms with Crippen molar-refractivity contribution in [2.24, 2.45) is 5.92 Å². The number of carbonyl (C=O) groups excluding carboxylic acids is 2. The summed E-state index contributed by atoms with van der Waals surface area (Å²) in [6.07, 6.45) is 0.677. The standard InChI is InChI=1S/C12H18F2O4/c1-8(12(2,13)14)18-11(16)9-5-3-4-6-10(9)17-7-15/h7-10H,3-6H2,1-2H3. The van der Waals surface area contributed by atoms with E-state index in [1.165, 1.54) is 0 Å². The second-order valence-corrected chi connectivity index (χ2v) is 4.70. The van der Waals surface area contributed by atoms with Gasteiger partial charge in [-0.1, -0.05) is 6.42 Å². The summed E-state index contributed by atoms with van der Waals surface area (Å²) in [5, 5.41) is 0. The molecule has 0 spiro atoms. The summed E-state index contributed by atoms with van der Waals surface area (Å²) >= 11 is 0. The molecule has 1 rings (SSSR count). The van der Waals surface area contributed by atoms with E-state index in [0.29, 0.717) is 19.8 Å². The predicted octanol–water partition coefficient (Wildman–Crippen LogP) is 2.31. The Morgan fingerprint density at radius 2 is 2.00 bits per heavy atom. The van der Waals surface area contributed by atoms with Gasteiger partial charge in [-0.15, -0.1) is 0 Å². The van der Waals surface area contributed by atoms with E-state index < -0.39 is 30.0 Å². The van der Waals surface area contributed by atoms with Gasteiger partial charge in [-0.25, -0.2) is 8.78 Å². The van der Waals surface area contributed by atoms with Gasteiger partial charge in [-0.3, -0.25) is 9.59 Å². The molecule has 0 aromatic carbocycles. The summed E-state index contributed by atoms with van der Waals surface area (Å²) in [7, 11) is 0. The number of alkyl halides is 2. The molecule has 1 fully saturated rings. The lowest BCUT2D eigenvalue weighted by Gasteiger charge is -2.30. The van der Waals surface area contributed by atoms with Crippen LogP contribution in [-0.4, -0.2) is 30.6 Å². The Labute approximate surface area is 105 Å². The van der Waals surface area contributed by atoms with Crippen LogP contribution in [0.25, 0.3) is 0 Å². The van der Waals surface area contributed by atoms with Gasteiger partial charge in [0.05, 0.1) is 5.92 Å². The highest BCUT2D eigenvalue weighted by atomic mass is 19.3. The second kappa shape index (κ2) is 6.11. The van der Waals surface area contributed by atoms with E-state index in [9.17, 15) is 18.4 Å². The lowest BCUT2D eigenvalue weighted by atomic mass is 9.86. The number of carbonyl (C=O) groups is 2.